The molecule has 0 amide bonds. The van der Waals surface area contributed by atoms with Crippen molar-refractivity contribution in [3.63, 3.8) is 0 Å². The third-order valence-electron chi connectivity index (χ3n) is 0.272. The average molecular weight is 124 g/mol. The summed E-state index contributed by atoms with van der Waals surface area (Å²) in [6, 6.07) is 0. The lowest BCUT2D eigenvalue weighted by atomic mass is 10.8. The Labute approximate surface area is 47.4 Å². The van der Waals surface area contributed by atoms with Gasteiger partial charge in [0.25, 0.3) is 0 Å². The molecule has 0 aliphatic heterocycles. The molecule has 7 heavy (non-hydrogen) atoms. The van der Waals surface area contributed by atoms with Crippen molar-refractivity contribution >= 4 is 19.8 Å². The van der Waals surface area contributed by atoms with Crippen LogP contribution in [0, 0.1) is 0 Å². The molecule has 0 saturated heterocycles. The van der Waals surface area contributed by atoms with Gasteiger partial charge in [-0.2, -0.15) is 4.21 Å². The fourth-order valence-corrected chi connectivity index (χ4v) is 0.204. The van der Waals surface area contributed by atoms with Crippen LogP contribution < -0.4 is 0 Å². The average Bonchev–Trinajstić information content (AvgIpc) is 1.65. The molecule has 0 rings (SSSR count). The van der Waals surface area contributed by atoms with Crippen molar-refractivity contribution in [3.8, 4) is 0 Å². The van der Waals surface area contributed by atoms with Gasteiger partial charge in [0.15, 0.2) is 0 Å². The molecule has 0 aromatic heterocycles. The first-order valence-corrected chi connectivity index (χ1v) is 2.32. The standard InChI is InChI=1S/C2H6O3S.BH3/c1-4-6(3)5-2;/h1-2H3;1H3. The molecule has 0 unspecified atom stereocenters. The van der Waals surface area contributed by atoms with Crippen molar-refractivity contribution in [1.29, 1.82) is 0 Å². The Balaban J connectivity index is 0. The second-order valence-corrected chi connectivity index (χ2v) is 1.61. The van der Waals surface area contributed by atoms with Crippen molar-refractivity contribution in [2.45, 2.75) is 0 Å². The highest BCUT2D eigenvalue weighted by atomic mass is 32.2. The summed E-state index contributed by atoms with van der Waals surface area (Å²) in [6.07, 6.45) is 0. The second kappa shape index (κ2) is 6.13. The molecule has 0 aliphatic rings. The van der Waals surface area contributed by atoms with Crippen molar-refractivity contribution in [1.82, 2.24) is 0 Å². The summed E-state index contributed by atoms with van der Waals surface area (Å²) in [6.45, 7) is 0. The Hall–Kier alpha value is 0.135. The van der Waals surface area contributed by atoms with E-state index in [-0.39, 0.29) is 8.41 Å². The lowest BCUT2D eigenvalue weighted by molar-refractivity contribution is 0.334. The van der Waals surface area contributed by atoms with E-state index in [9.17, 15) is 4.21 Å². The van der Waals surface area contributed by atoms with E-state index in [0.29, 0.717) is 0 Å². The molecule has 0 fully saturated rings. The quantitative estimate of drug-likeness (QED) is 0.428. The monoisotopic (exact) mass is 124 g/mol. The summed E-state index contributed by atoms with van der Waals surface area (Å²) < 4.78 is 18.1. The molecule has 0 aromatic carbocycles. The third kappa shape index (κ3) is 6.13. The van der Waals surface area contributed by atoms with Crippen molar-refractivity contribution < 1.29 is 12.6 Å². The molecule has 0 saturated carbocycles. The smallest absolute Gasteiger partial charge is 0.272 e. The highest BCUT2D eigenvalue weighted by Crippen LogP contribution is 1.76. The Morgan fingerprint density at radius 2 is 1.57 bits per heavy atom. The molecule has 3 nitrogen and oxygen atoms in total. The lowest BCUT2D eigenvalue weighted by Crippen LogP contribution is -1.91. The van der Waals surface area contributed by atoms with Crippen LogP contribution in [-0.4, -0.2) is 26.8 Å². The summed E-state index contributed by atoms with van der Waals surface area (Å²) in [5.41, 5.74) is 0. The normalized spacial score (nSPS) is 8.43. The van der Waals surface area contributed by atoms with Gasteiger partial charge in [-0.15, -0.1) is 0 Å². The highest BCUT2D eigenvalue weighted by molar-refractivity contribution is 7.75. The van der Waals surface area contributed by atoms with Gasteiger partial charge in [0.2, 0.25) is 0 Å². The van der Waals surface area contributed by atoms with Crippen LogP contribution in [0.15, 0.2) is 0 Å². The fourth-order valence-electron chi connectivity index (χ4n) is 0.0680. The third-order valence-corrected chi connectivity index (χ3v) is 0.816. The summed E-state index contributed by atoms with van der Waals surface area (Å²) in [5, 5.41) is 0. The minimum absolute atomic E-state index is 0. The number of hydrogen-bond donors (Lipinski definition) is 0. The van der Waals surface area contributed by atoms with E-state index in [2.05, 4.69) is 8.37 Å². The molecule has 0 aliphatic carbocycles. The molecule has 0 aromatic rings. The first-order valence-electron chi connectivity index (χ1n) is 1.32. The molecular formula is C2H9BO3S. The maximum absolute atomic E-state index is 9.85. The van der Waals surface area contributed by atoms with Gasteiger partial charge in [0.1, 0.15) is 0 Å². The van der Waals surface area contributed by atoms with E-state index in [0.717, 1.165) is 0 Å². The van der Waals surface area contributed by atoms with Gasteiger partial charge in [-0.3, -0.25) is 8.37 Å². The van der Waals surface area contributed by atoms with Crippen LogP contribution in [0.2, 0.25) is 0 Å². The van der Waals surface area contributed by atoms with E-state index >= 15 is 0 Å². The predicted molar refractivity (Wildman–Crippen MR) is 32.1 cm³/mol. The van der Waals surface area contributed by atoms with E-state index in [1.54, 1.807) is 0 Å². The van der Waals surface area contributed by atoms with Gasteiger partial charge >= 0.3 is 11.4 Å². The van der Waals surface area contributed by atoms with Crippen LogP contribution in [0.3, 0.4) is 0 Å². The van der Waals surface area contributed by atoms with Crippen LogP contribution in [0.1, 0.15) is 0 Å². The zero-order valence-electron chi connectivity index (χ0n) is 3.63. The van der Waals surface area contributed by atoms with E-state index in [4.69, 9.17) is 0 Å². The zero-order valence-corrected chi connectivity index (χ0v) is 4.45. The molecule has 0 radical (unpaired) electrons. The van der Waals surface area contributed by atoms with Gasteiger partial charge in [0.05, 0.1) is 22.6 Å². The van der Waals surface area contributed by atoms with Crippen LogP contribution in [0.5, 0.6) is 0 Å². The Morgan fingerprint density at radius 3 is 1.57 bits per heavy atom. The van der Waals surface area contributed by atoms with Gasteiger partial charge < -0.3 is 0 Å². The van der Waals surface area contributed by atoms with Crippen LogP contribution in [0.4, 0.5) is 0 Å². The number of rotatable bonds is 2. The largest absolute Gasteiger partial charge is 0.304 e. The highest BCUT2D eigenvalue weighted by Gasteiger charge is 1.84. The van der Waals surface area contributed by atoms with Crippen LogP contribution in [-0.2, 0) is 19.7 Å². The SMILES string of the molecule is B.COS(=O)OC. The van der Waals surface area contributed by atoms with Gasteiger partial charge in [-0.1, -0.05) is 0 Å². The van der Waals surface area contributed by atoms with E-state index < -0.39 is 11.4 Å². The van der Waals surface area contributed by atoms with Crippen LogP contribution in [0.25, 0.3) is 0 Å². The zero-order chi connectivity index (χ0) is 4.99. The van der Waals surface area contributed by atoms with Gasteiger partial charge in [-0.25, -0.2) is 0 Å². The molecule has 0 bridgehead atoms. The predicted octanol–water partition coefficient (Wildman–Crippen LogP) is -1.33. The van der Waals surface area contributed by atoms with Gasteiger partial charge in [0, 0.05) is 0 Å². The minimum Gasteiger partial charge on any atom is -0.272 e. The van der Waals surface area contributed by atoms with Crippen molar-refractivity contribution in [3.05, 3.63) is 0 Å². The Kier molecular flexibility index (Phi) is 8.93. The maximum Gasteiger partial charge on any atom is 0.304 e. The fraction of sp³-hybridized carbons (Fsp3) is 1.00. The Bertz CT molecular complexity index is 50.9. The van der Waals surface area contributed by atoms with E-state index in [1.165, 1.54) is 14.2 Å². The van der Waals surface area contributed by atoms with E-state index in [1.807, 2.05) is 0 Å². The molecule has 0 N–H and O–H groups in total. The molecule has 0 atom stereocenters. The molecular weight excluding hydrogens is 115 g/mol. The van der Waals surface area contributed by atoms with Gasteiger partial charge in [-0.05, 0) is 0 Å². The summed E-state index contributed by atoms with van der Waals surface area (Å²) in [7, 11) is 2.61. The molecule has 44 valence electrons. The van der Waals surface area contributed by atoms with Crippen molar-refractivity contribution in [2.24, 2.45) is 0 Å². The van der Waals surface area contributed by atoms with Crippen molar-refractivity contribution in [2.75, 3.05) is 14.2 Å². The minimum atomic E-state index is -1.53. The lowest BCUT2D eigenvalue weighted by Gasteiger charge is -1.86. The summed E-state index contributed by atoms with van der Waals surface area (Å²) in [5.74, 6) is 0. The summed E-state index contributed by atoms with van der Waals surface area (Å²) >= 11 is -1.53. The molecule has 0 heterocycles. The second-order valence-electron chi connectivity index (χ2n) is 0.537. The number of hydrogen-bond acceptors (Lipinski definition) is 3. The maximum atomic E-state index is 9.85. The topological polar surface area (TPSA) is 35.5 Å². The Morgan fingerprint density at radius 1 is 1.29 bits per heavy atom. The first-order chi connectivity index (χ1) is 2.81. The summed E-state index contributed by atoms with van der Waals surface area (Å²) in [4.78, 5) is 0. The first kappa shape index (κ1) is 10.2. The van der Waals surface area contributed by atoms with Crippen LogP contribution >= 0.6 is 0 Å². The molecule has 5 heteroatoms. The molecule has 0 spiro atoms.